The zero-order valence-corrected chi connectivity index (χ0v) is 14.5. The second-order valence-corrected chi connectivity index (χ2v) is 6.68. The van der Waals surface area contributed by atoms with Crippen LogP contribution in [0.4, 0.5) is 5.82 Å². The zero-order chi connectivity index (χ0) is 17.5. The van der Waals surface area contributed by atoms with Crippen molar-refractivity contribution in [2.75, 3.05) is 5.32 Å². The van der Waals surface area contributed by atoms with Crippen molar-refractivity contribution in [2.45, 2.75) is 25.4 Å². The highest BCUT2D eigenvalue weighted by molar-refractivity contribution is 5.85. The Bertz CT molecular complexity index is 1060. The number of anilines is 1. The SMILES string of the molecule is Cn1nnc2c(NC3CCc4nc(-c5ccccc5)cn4C3)nccc21. The van der Waals surface area contributed by atoms with E-state index in [0.717, 1.165) is 53.3 Å². The van der Waals surface area contributed by atoms with E-state index >= 15 is 0 Å². The fourth-order valence-electron chi connectivity index (χ4n) is 3.57. The fraction of sp³-hybridized carbons (Fsp3) is 0.263. The summed E-state index contributed by atoms with van der Waals surface area (Å²) >= 11 is 0. The van der Waals surface area contributed by atoms with Gasteiger partial charge in [-0.05, 0) is 12.5 Å². The molecular formula is C19H19N7. The van der Waals surface area contributed by atoms with Gasteiger partial charge >= 0.3 is 0 Å². The Morgan fingerprint density at radius 2 is 2.04 bits per heavy atom. The minimum Gasteiger partial charge on any atom is -0.364 e. The summed E-state index contributed by atoms with van der Waals surface area (Å²) in [5.41, 5.74) is 3.99. The number of hydrogen-bond donors (Lipinski definition) is 1. The van der Waals surface area contributed by atoms with Crippen LogP contribution < -0.4 is 5.32 Å². The van der Waals surface area contributed by atoms with Gasteiger partial charge in [-0.2, -0.15) is 0 Å². The van der Waals surface area contributed by atoms with E-state index in [2.05, 4.69) is 43.5 Å². The molecule has 1 N–H and O–H groups in total. The molecule has 0 aliphatic carbocycles. The molecule has 4 heterocycles. The van der Waals surface area contributed by atoms with Gasteiger partial charge in [-0.15, -0.1) is 5.10 Å². The molecule has 1 aliphatic rings. The molecule has 0 radical (unpaired) electrons. The molecule has 1 aromatic carbocycles. The highest BCUT2D eigenvalue weighted by Gasteiger charge is 2.22. The van der Waals surface area contributed by atoms with Gasteiger partial charge in [-0.3, -0.25) is 0 Å². The fourth-order valence-corrected chi connectivity index (χ4v) is 3.57. The van der Waals surface area contributed by atoms with Crippen LogP contribution >= 0.6 is 0 Å². The van der Waals surface area contributed by atoms with E-state index in [1.165, 1.54) is 0 Å². The smallest absolute Gasteiger partial charge is 0.156 e. The van der Waals surface area contributed by atoms with Gasteiger partial charge in [0.15, 0.2) is 11.3 Å². The Hall–Kier alpha value is -3.22. The monoisotopic (exact) mass is 345 g/mol. The summed E-state index contributed by atoms with van der Waals surface area (Å²) in [5.74, 6) is 1.94. The summed E-state index contributed by atoms with van der Waals surface area (Å²) in [4.78, 5) is 9.28. The molecule has 0 bridgehead atoms. The Morgan fingerprint density at radius 1 is 1.15 bits per heavy atom. The minimum atomic E-state index is 0.292. The molecule has 0 spiro atoms. The number of nitrogens with one attached hydrogen (secondary N) is 1. The van der Waals surface area contributed by atoms with Gasteiger partial charge in [-0.1, -0.05) is 35.5 Å². The molecule has 1 aliphatic heterocycles. The Morgan fingerprint density at radius 3 is 2.92 bits per heavy atom. The van der Waals surface area contributed by atoms with Crippen LogP contribution in [0.15, 0.2) is 48.8 Å². The van der Waals surface area contributed by atoms with Crippen LogP contribution in [0.5, 0.6) is 0 Å². The normalized spacial score (nSPS) is 16.6. The van der Waals surface area contributed by atoms with E-state index in [4.69, 9.17) is 4.98 Å². The maximum Gasteiger partial charge on any atom is 0.156 e. The molecular weight excluding hydrogens is 326 g/mol. The van der Waals surface area contributed by atoms with Gasteiger partial charge < -0.3 is 9.88 Å². The molecule has 0 amide bonds. The van der Waals surface area contributed by atoms with Crippen LogP contribution in [0.25, 0.3) is 22.3 Å². The summed E-state index contributed by atoms with van der Waals surface area (Å²) in [6, 6.07) is 12.5. The first-order valence-corrected chi connectivity index (χ1v) is 8.80. The summed E-state index contributed by atoms with van der Waals surface area (Å²) < 4.78 is 4.02. The van der Waals surface area contributed by atoms with Crippen LogP contribution in [0.3, 0.4) is 0 Å². The number of rotatable bonds is 3. The number of imidazole rings is 1. The highest BCUT2D eigenvalue weighted by atomic mass is 15.4. The molecule has 0 saturated heterocycles. The number of hydrogen-bond acceptors (Lipinski definition) is 5. The number of nitrogens with zero attached hydrogens (tertiary/aromatic N) is 6. The summed E-state index contributed by atoms with van der Waals surface area (Å²) in [5, 5.41) is 11.9. The standard InChI is InChI=1S/C19H19N7/c1-25-16-9-10-20-19(18(16)23-24-25)21-14-7-8-17-22-15(12-26(17)11-14)13-5-3-2-4-6-13/h2-6,9-10,12,14H,7-8,11H2,1H3,(H,20,21). The minimum absolute atomic E-state index is 0.292. The van der Waals surface area contributed by atoms with E-state index in [1.807, 2.05) is 31.3 Å². The molecule has 1 unspecified atom stereocenters. The predicted octanol–water partition coefficient (Wildman–Crippen LogP) is 2.65. The molecule has 4 aromatic rings. The van der Waals surface area contributed by atoms with Gasteiger partial charge in [0.05, 0.1) is 11.2 Å². The maximum atomic E-state index is 4.81. The van der Waals surface area contributed by atoms with Gasteiger partial charge in [0, 0.05) is 44.0 Å². The van der Waals surface area contributed by atoms with Crippen molar-refractivity contribution >= 4 is 16.9 Å². The van der Waals surface area contributed by atoms with E-state index in [-0.39, 0.29) is 0 Å². The lowest BCUT2D eigenvalue weighted by Crippen LogP contribution is -2.31. The third kappa shape index (κ3) is 2.52. The van der Waals surface area contributed by atoms with Crippen molar-refractivity contribution in [2.24, 2.45) is 7.05 Å². The van der Waals surface area contributed by atoms with Crippen molar-refractivity contribution in [3.05, 3.63) is 54.6 Å². The maximum absolute atomic E-state index is 4.81. The number of fused-ring (bicyclic) bond motifs is 2. The molecule has 26 heavy (non-hydrogen) atoms. The lowest BCUT2D eigenvalue weighted by atomic mass is 10.1. The van der Waals surface area contributed by atoms with E-state index in [0.29, 0.717) is 6.04 Å². The van der Waals surface area contributed by atoms with Crippen LogP contribution in [0, 0.1) is 0 Å². The summed E-state index contributed by atoms with van der Waals surface area (Å²) in [6.07, 6.45) is 5.91. The van der Waals surface area contributed by atoms with E-state index < -0.39 is 0 Å². The average Bonchev–Trinajstić information content (AvgIpc) is 3.27. The zero-order valence-electron chi connectivity index (χ0n) is 14.5. The second kappa shape index (κ2) is 5.94. The summed E-state index contributed by atoms with van der Waals surface area (Å²) in [6.45, 7) is 0.869. The van der Waals surface area contributed by atoms with Crippen molar-refractivity contribution in [1.82, 2.24) is 29.5 Å². The number of aryl methyl sites for hydroxylation is 2. The van der Waals surface area contributed by atoms with Crippen molar-refractivity contribution < 1.29 is 0 Å². The first kappa shape index (κ1) is 15.1. The third-order valence-corrected chi connectivity index (χ3v) is 4.93. The lowest BCUT2D eigenvalue weighted by molar-refractivity contribution is 0.476. The van der Waals surface area contributed by atoms with Crippen LogP contribution in [0.1, 0.15) is 12.2 Å². The van der Waals surface area contributed by atoms with Crippen LogP contribution in [-0.2, 0) is 20.0 Å². The Labute approximate surface area is 150 Å². The second-order valence-electron chi connectivity index (χ2n) is 6.68. The molecule has 130 valence electrons. The van der Waals surface area contributed by atoms with Crippen molar-refractivity contribution in [1.29, 1.82) is 0 Å². The first-order valence-electron chi connectivity index (χ1n) is 8.80. The van der Waals surface area contributed by atoms with Gasteiger partial charge in [-0.25, -0.2) is 14.6 Å². The van der Waals surface area contributed by atoms with E-state index in [1.54, 1.807) is 10.9 Å². The molecule has 7 nitrogen and oxygen atoms in total. The molecule has 3 aromatic heterocycles. The molecule has 5 rings (SSSR count). The molecule has 1 atom stereocenters. The van der Waals surface area contributed by atoms with Gasteiger partial charge in [0.25, 0.3) is 0 Å². The predicted molar refractivity (Wildman–Crippen MR) is 99.7 cm³/mol. The third-order valence-electron chi connectivity index (χ3n) is 4.93. The average molecular weight is 345 g/mol. The van der Waals surface area contributed by atoms with Crippen molar-refractivity contribution in [3.63, 3.8) is 0 Å². The van der Waals surface area contributed by atoms with Crippen LogP contribution in [-0.4, -0.2) is 35.6 Å². The summed E-state index contributed by atoms with van der Waals surface area (Å²) in [7, 11) is 1.89. The first-order chi connectivity index (χ1) is 12.8. The van der Waals surface area contributed by atoms with Gasteiger partial charge in [0.1, 0.15) is 5.82 Å². The number of pyridine rings is 1. The molecule has 0 fully saturated rings. The molecule has 0 saturated carbocycles. The topological polar surface area (TPSA) is 73.5 Å². The largest absolute Gasteiger partial charge is 0.364 e. The highest BCUT2D eigenvalue weighted by Crippen LogP contribution is 2.25. The Balaban J connectivity index is 1.40. The van der Waals surface area contributed by atoms with Crippen molar-refractivity contribution in [3.8, 4) is 11.3 Å². The number of benzene rings is 1. The quantitative estimate of drug-likeness (QED) is 0.618. The number of aromatic nitrogens is 6. The lowest BCUT2D eigenvalue weighted by Gasteiger charge is -2.25. The van der Waals surface area contributed by atoms with E-state index in [9.17, 15) is 0 Å². The van der Waals surface area contributed by atoms with Crippen LogP contribution in [0.2, 0.25) is 0 Å². The Kier molecular flexibility index (Phi) is 3.44. The molecule has 7 heteroatoms. The van der Waals surface area contributed by atoms with Gasteiger partial charge in [0.2, 0.25) is 0 Å².